The van der Waals surface area contributed by atoms with Gasteiger partial charge in [0.15, 0.2) is 0 Å². The lowest BCUT2D eigenvalue weighted by Crippen LogP contribution is -2.39. The van der Waals surface area contributed by atoms with E-state index in [-0.39, 0.29) is 5.56 Å². The molecule has 3 atom stereocenters. The van der Waals surface area contributed by atoms with Gasteiger partial charge in [0.05, 0.1) is 6.17 Å². The van der Waals surface area contributed by atoms with Crippen molar-refractivity contribution in [3.63, 3.8) is 0 Å². The second-order valence-corrected chi connectivity index (χ2v) is 3.82. The molecule has 1 aliphatic rings. The first kappa shape index (κ1) is 11.9. The fourth-order valence-electron chi connectivity index (χ4n) is 1.93. The zero-order chi connectivity index (χ0) is 12.6. The minimum Gasteiger partial charge on any atom is -0.480 e. The highest BCUT2D eigenvalue weighted by Crippen LogP contribution is 2.27. The molecule has 17 heavy (non-hydrogen) atoms. The Morgan fingerprint density at radius 3 is 2.65 bits per heavy atom. The lowest BCUT2D eigenvalue weighted by atomic mass is 9.90. The Morgan fingerprint density at radius 2 is 2.06 bits per heavy atom. The number of hydrogen-bond acceptors (Lipinski definition) is 4. The molecule has 1 aliphatic heterocycles. The summed E-state index contributed by atoms with van der Waals surface area (Å²) in [4.78, 5) is 11.0. The topological polar surface area (TPSA) is 87.4 Å². The molecule has 3 unspecified atom stereocenters. The molecule has 5 nitrogen and oxygen atoms in total. The van der Waals surface area contributed by atoms with Crippen LogP contribution < -0.4 is 16.6 Å². The lowest BCUT2D eigenvalue weighted by molar-refractivity contribution is -0.139. The second kappa shape index (κ2) is 4.36. The first-order valence-corrected chi connectivity index (χ1v) is 4.95. The van der Waals surface area contributed by atoms with Crippen molar-refractivity contribution in [3.8, 4) is 0 Å². The number of hydrazine groups is 1. The van der Waals surface area contributed by atoms with Gasteiger partial charge in [0, 0.05) is 12.0 Å². The third-order valence-corrected chi connectivity index (χ3v) is 2.74. The molecule has 1 fully saturated rings. The summed E-state index contributed by atoms with van der Waals surface area (Å²) in [7, 11) is 0. The van der Waals surface area contributed by atoms with Crippen LogP contribution in [0.4, 0.5) is 8.78 Å². The molecule has 0 radical (unpaired) electrons. The summed E-state index contributed by atoms with van der Waals surface area (Å²) >= 11 is 0. The Balaban J connectivity index is 2.39. The highest BCUT2D eigenvalue weighted by Gasteiger charge is 2.40. The Hall–Kier alpha value is -1.57. The minimum atomic E-state index is -1.15. The molecule has 5 N–H and O–H groups in total. The van der Waals surface area contributed by atoms with Gasteiger partial charge in [0.1, 0.15) is 17.7 Å². The van der Waals surface area contributed by atoms with Gasteiger partial charge in [-0.15, -0.1) is 0 Å². The molecule has 1 heterocycles. The number of nitrogens with two attached hydrogens (primary N) is 1. The van der Waals surface area contributed by atoms with Gasteiger partial charge < -0.3 is 10.8 Å². The molecule has 0 aromatic heterocycles. The second-order valence-electron chi connectivity index (χ2n) is 3.82. The van der Waals surface area contributed by atoms with Crippen LogP contribution in [0.5, 0.6) is 0 Å². The normalized spacial score (nSPS) is 28.3. The van der Waals surface area contributed by atoms with Crippen LogP contribution >= 0.6 is 0 Å². The lowest BCUT2D eigenvalue weighted by Gasteiger charge is -2.18. The third-order valence-electron chi connectivity index (χ3n) is 2.74. The molecule has 2 rings (SSSR count). The predicted octanol–water partition coefficient (Wildman–Crippen LogP) is -0.106. The van der Waals surface area contributed by atoms with Gasteiger partial charge in [0.2, 0.25) is 0 Å². The number of benzene rings is 1. The number of carboxylic acid groups (broad SMARTS) is 1. The molecule has 1 aromatic rings. The number of rotatable bonds is 2. The van der Waals surface area contributed by atoms with E-state index in [1.54, 1.807) is 0 Å². The van der Waals surface area contributed by atoms with Crippen molar-refractivity contribution in [3.05, 3.63) is 35.4 Å². The summed E-state index contributed by atoms with van der Waals surface area (Å²) in [6.45, 7) is 0. The van der Waals surface area contributed by atoms with Gasteiger partial charge >= 0.3 is 5.97 Å². The molecule has 7 heteroatoms. The van der Waals surface area contributed by atoms with Crippen molar-refractivity contribution in [2.45, 2.75) is 18.1 Å². The van der Waals surface area contributed by atoms with Crippen LogP contribution in [0, 0.1) is 11.6 Å². The molecule has 0 amide bonds. The van der Waals surface area contributed by atoms with E-state index in [9.17, 15) is 13.6 Å². The van der Waals surface area contributed by atoms with Crippen LogP contribution in [-0.4, -0.2) is 23.3 Å². The summed E-state index contributed by atoms with van der Waals surface area (Å²) in [6.07, 6.45) is -0.754. The van der Waals surface area contributed by atoms with E-state index >= 15 is 0 Å². The standard InChI is InChI=1S/C10H11F2N3O2/c11-4-1-2-5(6(12)3-4)7-8(10(16)17)14-15-9(7)13/h1-3,7-9,14-15H,13H2,(H,16,17). The fourth-order valence-corrected chi connectivity index (χ4v) is 1.93. The van der Waals surface area contributed by atoms with Crippen molar-refractivity contribution < 1.29 is 18.7 Å². The molecule has 0 spiro atoms. The number of nitrogens with one attached hydrogen (secondary N) is 2. The van der Waals surface area contributed by atoms with Crippen LogP contribution in [0.2, 0.25) is 0 Å². The molecule has 1 saturated heterocycles. The summed E-state index contributed by atoms with van der Waals surface area (Å²) in [6, 6.07) is 1.94. The number of hydrogen-bond donors (Lipinski definition) is 4. The minimum absolute atomic E-state index is 0.0730. The van der Waals surface area contributed by atoms with E-state index in [4.69, 9.17) is 10.8 Å². The molecule has 0 saturated carbocycles. The van der Waals surface area contributed by atoms with Crippen LogP contribution in [0.15, 0.2) is 18.2 Å². The molecule has 92 valence electrons. The van der Waals surface area contributed by atoms with Crippen LogP contribution in [0.1, 0.15) is 11.5 Å². The predicted molar refractivity (Wildman–Crippen MR) is 54.8 cm³/mol. The monoisotopic (exact) mass is 243 g/mol. The summed E-state index contributed by atoms with van der Waals surface area (Å²) in [5, 5.41) is 8.95. The third kappa shape index (κ3) is 2.12. The van der Waals surface area contributed by atoms with Crippen molar-refractivity contribution in [2.24, 2.45) is 5.73 Å². The van der Waals surface area contributed by atoms with Crippen molar-refractivity contribution in [1.82, 2.24) is 10.9 Å². The van der Waals surface area contributed by atoms with Gasteiger partial charge in [-0.05, 0) is 11.6 Å². The number of halogens is 2. The maximum Gasteiger partial charge on any atom is 0.322 e. The molecular weight excluding hydrogens is 232 g/mol. The largest absolute Gasteiger partial charge is 0.480 e. The Labute approximate surface area is 95.6 Å². The van der Waals surface area contributed by atoms with Gasteiger partial charge in [-0.3, -0.25) is 4.79 Å². The van der Waals surface area contributed by atoms with Gasteiger partial charge in [-0.1, -0.05) is 6.07 Å². The molecule has 1 aromatic carbocycles. The quantitative estimate of drug-likeness (QED) is 0.582. The summed E-state index contributed by atoms with van der Waals surface area (Å²) in [5.41, 5.74) is 10.7. The Kier molecular flexibility index (Phi) is 3.05. The van der Waals surface area contributed by atoms with Crippen LogP contribution in [0.25, 0.3) is 0 Å². The Morgan fingerprint density at radius 1 is 1.35 bits per heavy atom. The average molecular weight is 243 g/mol. The molecule has 0 aliphatic carbocycles. The van der Waals surface area contributed by atoms with Gasteiger partial charge in [0.25, 0.3) is 0 Å². The number of carboxylic acids is 1. The number of aliphatic carboxylic acids is 1. The molecule has 0 bridgehead atoms. The van der Waals surface area contributed by atoms with Crippen molar-refractivity contribution in [2.75, 3.05) is 0 Å². The first-order valence-electron chi connectivity index (χ1n) is 4.95. The highest BCUT2D eigenvalue weighted by molar-refractivity contribution is 5.75. The maximum absolute atomic E-state index is 13.6. The smallest absolute Gasteiger partial charge is 0.322 e. The zero-order valence-corrected chi connectivity index (χ0v) is 8.65. The van der Waals surface area contributed by atoms with E-state index in [0.29, 0.717) is 6.07 Å². The van der Waals surface area contributed by atoms with E-state index in [1.165, 1.54) is 6.07 Å². The average Bonchev–Trinajstić information content (AvgIpc) is 2.60. The summed E-state index contributed by atoms with van der Waals surface area (Å²) in [5.74, 6) is -3.47. The summed E-state index contributed by atoms with van der Waals surface area (Å²) < 4.78 is 26.3. The SMILES string of the molecule is NC1NNC(C(=O)O)C1c1ccc(F)cc1F. The van der Waals surface area contributed by atoms with E-state index in [1.807, 2.05) is 0 Å². The fraction of sp³-hybridized carbons (Fsp3) is 0.300. The highest BCUT2D eigenvalue weighted by atomic mass is 19.1. The van der Waals surface area contributed by atoms with E-state index in [0.717, 1.165) is 6.07 Å². The zero-order valence-electron chi connectivity index (χ0n) is 8.65. The van der Waals surface area contributed by atoms with Gasteiger partial charge in [-0.25, -0.2) is 19.6 Å². The van der Waals surface area contributed by atoms with Crippen molar-refractivity contribution >= 4 is 5.97 Å². The molecular formula is C10H11F2N3O2. The maximum atomic E-state index is 13.6. The van der Waals surface area contributed by atoms with E-state index in [2.05, 4.69) is 10.9 Å². The first-order chi connectivity index (χ1) is 8.00. The van der Waals surface area contributed by atoms with Crippen LogP contribution in [-0.2, 0) is 4.79 Å². The van der Waals surface area contributed by atoms with Gasteiger partial charge in [-0.2, -0.15) is 0 Å². The van der Waals surface area contributed by atoms with Crippen molar-refractivity contribution in [1.29, 1.82) is 0 Å². The van der Waals surface area contributed by atoms with Crippen LogP contribution in [0.3, 0.4) is 0 Å². The number of carbonyl (C=O) groups is 1. The Bertz CT molecular complexity index is 455. The van der Waals surface area contributed by atoms with E-state index < -0.39 is 35.7 Å².